The number of halogens is 9. The second-order valence-electron chi connectivity index (χ2n) is 27.3. The molecule has 0 bridgehead atoms. The van der Waals surface area contributed by atoms with Crippen molar-refractivity contribution in [1.29, 1.82) is 0 Å². The van der Waals surface area contributed by atoms with Crippen LogP contribution >= 0.6 is 24.4 Å². The van der Waals surface area contributed by atoms with Gasteiger partial charge in [-0.05, 0) is 181 Å². The van der Waals surface area contributed by atoms with Gasteiger partial charge in [0, 0.05) is 63.7 Å². The summed E-state index contributed by atoms with van der Waals surface area (Å²) in [5.41, 5.74) is -7.00. The Hall–Kier alpha value is -4.77. The Morgan fingerprint density at radius 1 is 0.695 bits per heavy atom. The molecule has 0 aliphatic heterocycles. The van der Waals surface area contributed by atoms with Crippen molar-refractivity contribution in [1.82, 2.24) is 0 Å². The molecule has 95 heavy (non-hydrogen) atoms. The van der Waals surface area contributed by atoms with E-state index in [0.29, 0.717) is 18.2 Å². The predicted molar refractivity (Wildman–Crippen MR) is 340 cm³/mol. The number of aryl methyl sites for hydroxylation is 2. The summed E-state index contributed by atoms with van der Waals surface area (Å²) in [6.07, 6.45) is -4.64. The molecule has 2 aromatic rings. The highest BCUT2D eigenvalue weighted by molar-refractivity contribution is 8.13. The number of thioether (sulfide) groups is 1. The minimum atomic E-state index is -5.66. The molecule has 0 heterocycles. The Labute approximate surface area is 561 Å². The molecular formula is C68H83F9O14S4. The first-order valence-corrected chi connectivity index (χ1v) is 35.4. The van der Waals surface area contributed by atoms with Crippen molar-refractivity contribution in [2.24, 2.45) is 57.2 Å². The number of alkyl halides is 9. The quantitative estimate of drug-likeness (QED) is 0.0475. The second-order valence-corrected chi connectivity index (χ2v) is 31.5. The zero-order valence-corrected chi connectivity index (χ0v) is 58.4. The summed E-state index contributed by atoms with van der Waals surface area (Å²) >= 11 is 4.48. The highest BCUT2D eigenvalue weighted by atomic mass is 32.3. The van der Waals surface area contributed by atoms with Gasteiger partial charge in [-0.3, -0.25) is 28.8 Å². The topological polar surface area (TPSA) is 228 Å². The zero-order chi connectivity index (χ0) is 71.7. The number of hydrogen-bond acceptors (Lipinski definition) is 15. The predicted octanol–water partition coefficient (Wildman–Crippen LogP) is 13.3. The number of aliphatic hydroxyl groups is 2. The molecule has 14 nitrogen and oxygen atoms in total. The van der Waals surface area contributed by atoms with Crippen molar-refractivity contribution in [3.05, 3.63) is 106 Å². The summed E-state index contributed by atoms with van der Waals surface area (Å²) in [4.78, 5) is 77.2. The van der Waals surface area contributed by atoms with Crippen molar-refractivity contribution in [3.8, 4) is 0 Å². The highest BCUT2D eigenvalue weighted by Crippen LogP contribution is 2.74. The minimum Gasteiger partial charge on any atom is -0.725 e. The van der Waals surface area contributed by atoms with E-state index in [2.05, 4.69) is 77.6 Å². The molecule has 6 saturated carbocycles. The third-order valence-electron chi connectivity index (χ3n) is 22.6. The lowest BCUT2D eigenvalue weighted by Gasteiger charge is -2.63. The van der Waals surface area contributed by atoms with Gasteiger partial charge in [-0.2, -0.15) is 8.57 Å². The maximum Gasteiger partial charge on any atom is 0.536 e. The number of fused-ring (bicyclic) bond motifs is 10. The zero-order valence-electron chi connectivity index (χ0n) is 55.1. The Balaban J connectivity index is 0.000000194. The molecule has 2 aromatic carbocycles. The molecule has 526 valence electrons. The fourth-order valence-corrected chi connectivity index (χ4v) is 21.0. The van der Waals surface area contributed by atoms with E-state index in [4.69, 9.17) is 22.4 Å². The number of allylic oxidation sites excluding steroid dienone is 8. The molecule has 8 aliphatic rings. The molecule has 27 heteroatoms. The number of esters is 2. The first kappa shape index (κ1) is 77.6. The van der Waals surface area contributed by atoms with E-state index in [1.54, 1.807) is 41.5 Å². The van der Waals surface area contributed by atoms with Gasteiger partial charge in [0.05, 0.1) is 23.1 Å². The van der Waals surface area contributed by atoms with Gasteiger partial charge in [0.15, 0.2) is 43.9 Å². The van der Waals surface area contributed by atoms with Crippen molar-refractivity contribution in [3.63, 3.8) is 0 Å². The van der Waals surface area contributed by atoms with Gasteiger partial charge < -0.3 is 24.2 Å². The van der Waals surface area contributed by atoms with Crippen molar-refractivity contribution >= 4 is 79.4 Å². The Morgan fingerprint density at radius 3 is 1.49 bits per heavy atom. The SMILES string of the molecule is CCC(=O)O[C@@]1(C(=O)S)[C@H](C)CC2C3C[C@@H](F)C4=CC(=O)C=CC4(C)[C@]3(F)C(O)CC21C.CCC(=O)O[C@@]1(C(=O)SCF)[C@H](C)CC2C3C[C@@H](F)C4=CC(=O)C=CC4(C)[C@]3(F)C(O)CC21C.Cc1ccc([S+](CF)c2cc(C)c(C)c(C)c2C)cc1.O=S(=O)([O-])OC(F)(F)F. The molecule has 11 unspecified atom stereocenters. The Bertz CT molecular complexity index is 3600. The van der Waals surface area contributed by atoms with E-state index < -0.39 is 172 Å². The van der Waals surface area contributed by atoms with E-state index in [9.17, 15) is 60.9 Å². The Morgan fingerprint density at radius 2 is 1.12 bits per heavy atom. The van der Waals surface area contributed by atoms with Crippen LogP contribution in [0.2, 0.25) is 0 Å². The van der Waals surface area contributed by atoms with Gasteiger partial charge in [0.2, 0.25) is 20.6 Å². The number of aliphatic hydroxyl groups excluding tert-OH is 2. The lowest BCUT2D eigenvalue weighted by atomic mass is 9.44. The molecule has 6 fully saturated rings. The van der Waals surface area contributed by atoms with E-state index in [-0.39, 0.29) is 62.1 Å². The normalized spacial score (nSPS) is 37.6. The van der Waals surface area contributed by atoms with E-state index in [0.717, 1.165) is 21.9 Å². The smallest absolute Gasteiger partial charge is 0.536 e. The maximum absolute atomic E-state index is 17.2. The van der Waals surface area contributed by atoms with Gasteiger partial charge in [0.1, 0.15) is 18.3 Å². The van der Waals surface area contributed by atoms with E-state index >= 15 is 17.6 Å². The number of thiol groups is 1. The fraction of sp³-hybridized carbons (Fsp3) is 0.618. The molecule has 0 radical (unpaired) electrons. The average Bonchev–Trinajstić information content (AvgIpc) is 1.63. The lowest BCUT2D eigenvalue weighted by molar-refractivity contribution is -0.275. The van der Waals surface area contributed by atoms with Crippen LogP contribution in [0.15, 0.2) is 87.7 Å². The summed E-state index contributed by atoms with van der Waals surface area (Å²) in [6, 6.07) is 9.06. The van der Waals surface area contributed by atoms with Gasteiger partial charge in [-0.1, -0.05) is 71.4 Å². The second kappa shape index (κ2) is 27.7. The molecule has 0 spiro atoms. The summed E-state index contributed by atoms with van der Waals surface area (Å²) in [6.45, 7) is 23.6. The largest absolute Gasteiger partial charge is 0.725 e. The first-order chi connectivity index (χ1) is 43.8. The van der Waals surface area contributed by atoms with Crippen LogP contribution in [-0.2, 0) is 63.7 Å². The molecule has 0 amide bonds. The number of carbonyl (C=O) groups is 6. The molecule has 19 atom stereocenters. The van der Waals surface area contributed by atoms with Gasteiger partial charge in [-0.25, -0.2) is 30.4 Å². The summed E-state index contributed by atoms with van der Waals surface area (Å²) < 4.78 is 166. The summed E-state index contributed by atoms with van der Waals surface area (Å²) in [5, 5.41) is 21.4. The number of carbonyl (C=O) groups excluding carboxylic acids is 6. The van der Waals surface area contributed by atoms with Gasteiger partial charge in [0.25, 0.3) is 6.01 Å². The molecule has 8 aliphatic carbocycles. The fourth-order valence-electron chi connectivity index (χ4n) is 17.6. The number of ketones is 2. The minimum absolute atomic E-state index is 0.0141. The van der Waals surface area contributed by atoms with Gasteiger partial charge in [-0.15, -0.1) is 25.8 Å². The first-order valence-electron chi connectivity index (χ1n) is 31.3. The van der Waals surface area contributed by atoms with Crippen LogP contribution in [0.25, 0.3) is 0 Å². The summed E-state index contributed by atoms with van der Waals surface area (Å²) in [7, 11) is -6.13. The van der Waals surface area contributed by atoms with E-state index in [1.807, 2.05) is 4.18 Å². The van der Waals surface area contributed by atoms with Crippen molar-refractivity contribution in [2.75, 3.05) is 12.0 Å². The van der Waals surface area contributed by atoms with Crippen LogP contribution in [0, 0.1) is 91.8 Å². The molecular weight excluding hydrogens is 1340 g/mol. The third kappa shape index (κ3) is 13.0. The number of hydrogen-bond donors (Lipinski definition) is 3. The average molecular weight is 1420 g/mol. The number of benzene rings is 2. The van der Waals surface area contributed by atoms with Crippen molar-refractivity contribution in [2.45, 2.75) is 205 Å². The van der Waals surface area contributed by atoms with Crippen LogP contribution in [-0.4, -0.2) is 122 Å². The maximum atomic E-state index is 17.2. The van der Waals surface area contributed by atoms with Crippen LogP contribution in [0.1, 0.15) is 135 Å². The lowest BCUT2D eigenvalue weighted by Crippen LogP contribution is -2.70. The molecule has 0 saturated heterocycles. The monoisotopic (exact) mass is 1420 g/mol. The Kier molecular flexibility index (Phi) is 22.7. The molecule has 0 aromatic heterocycles. The van der Waals surface area contributed by atoms with Crippen LogP contribution in [0.3, 0.4) is 0 Å². The van der Waals surface area contributed by atoms with Crippen molar-refractivity contribution < 1.29 is 105 Å². The summed E-state index contributed by atoms with van der Waals surface area (Å²) in [5.74, 6) is -6.24. The highest BCUT2D eigenvalue weighted by Gasteiger charge is 2.80. The number of ether oxygens (including phenoxy) is 2. The number of rotatable bonds is 11. The molecule has 10 rings (SSSR count). The third-order valence-corrected chi connectivity index (χ3v) is 26.0. The standard InChI is InChI=1S/C25H31F3O5S.C24H30F2O5S.C18H22FS.CHF3O4S/c1-5-20(31)33-25(21(32)34-12-26)13(2)8-15-16-10-18(27)17-9-14(29)6-7-22(17,3)24(16,28)19(30)11-23(15,25)4;1-5-19(29)31-24(20(30)32)12(2)8-14-15-10-17(25)16-9-13(27)6-7-21(16,3)23(15,26)18(28)11-22(14,24)4;1-12-6-8-17(9-7-12)20(11-19)18-10-13(2)14(3)15(4)16(18)5;2-1(3,4)8-9(5,6)7/h6-7,9,13,15-16,18-19,30H,5,8,10-12H2,1-4H3;6-7,9,12,14-15,17-18,28H,5,8,10-11H2,1-4H3,(H,30,32);6-10H,11H2,1-5H3;(H,5,6,7)/q;;+1;/p-1/t13-,15?,16?,18-,19?,22?,23?,24-,25-;12-,14?,15?,17-,18?,21?,22?,23-,24-;;/m11../s1. The van der Waals surface area contributed by atoms with Crippen LogP contribution in [0.5, 0.6) is 0 Å². The van der Waals surface area contributed by atoms with Crippen LogP contribution in [0.4, 0.5) is 39.5 Å². The molecule has 2 N–H and O–H groups in total. The van der Waals surface area contributed by atoms with Gasteiger partial charge >= 0.3 is 18.3 Å². The van der Waals surface area contributed by atoms with E-state index in [1.165, 1.54) is 66.0 Å². The van der Waals surface area contributed by atoms with Crippen LogP contribution < -0.4 is 0 Å².